The van der Waals surface area contributed by atoms with Gasteiger partial charge in [-0.25, -0.2) is 0 Å². The Morgan fingerprint density at radius 3 is 2.00 bits per heavy atom. The standard InChI is InChI=1S/C18H15Cl3O2Si/c19-24(20,21)10-9-18(22)23-12-17-15-7-3-1-5-13(15)11-14-6-2-4-8-16(14)17/h1-8,11H,9-10,12H2. The molecule has 0 aliphatic heterocycles. The monoisotopic (exact) mass is 396 g/mol. The van der Waals surface area contributed by atoms with Crippen LogP contribution in [-0.2, 0) is 16.1 Å². The summed E-state index contributed by atoms with van der Waals surface area (Å²) < 4.78 is 5.45. The number of halogens is 3. The number of carbonyl (C=O) groups excluding carboxylic acids is 1. The van der Waals surface area contributed by atoms with Crippen LogP contribution in [0.1, 0.15) is 12.0 Å². The second-order valence-electron chi connectivity index (χ2n) is 5.57. The lowest BCUT2D eigenvalue weighted by molar-refractivity contribution is -0.144. The summed E-state index contributed by atoms with van der Waals surface area (Å²) in [7, 11) is 0. The summed E-state index contributed by atoms with van der Waals surface area (Å²) in [5.41, 5.74) is 1.00. The Morgan fingerprint density at radius 1 is 0.917 bits per heavy atom. The maximum absolute atomic E-state index is 12.0. The van der Waals surface area contributed by atoms with Crippen LogP contribution in [0.25, 0.3) is 21.5 Å². The molecule has 0 aliphatic rings. The van der Waals surface area contributed by atoms with E-state index < -0.39 is 6.00 Å². The molecule has 0 aromatic heterocycles. The van der Waals surface area contributed by atoms with Crippen LogP contribution in [0.15, 0.2) is 54.6 Å². The topological polar surface area (TPSA) is 26.3 Å². The number of hydrogen-bond donors (Lipinski definition) is 0. The number of rotatable bonds is 5. The Labute approximate surface area is 155 Å². The summed E-state index contributed by atoms with van der Waals surface area (Å²) in [4.78, 5) is 12.0. The fourth-order valence-electron chi connectivity index (χ4n) is 2.73. The molecule has 24 heavy (non-hydrogen) atoms. The van der Waals surface area contributed by atoms with Crippen molar-refractivity contribution >= 4 is 66.8 Å². The highest BCUT2D eigenvalue weighted by Gasteiger charge is 2.26. The first-order valence-electron chi connectivity index (χ1n) is 7.56. The van der Waals surface area contributed by atoms with E-state index in [1.54, 1.807) is 0 Å². The zero-order valence-electron chi connectivity index (χ0n) is 12.8. The molecule has 0 saturated heterocycles. The summed E-state index contributed by atoms with van der Waals surface area (Å²) in [5, 5.41) is 4.41. The molecule has 124 valence electrons. The molecule has 0 radical (unpaired) electrons. The zero-order valence-corrected chi connectivity index (χ0v) is 16.0. The van der Waals surface area contributed by atoms with Crippen molar-refractivity contribution in [2.45, 2.75) is 19.1 Å². The molecule has 0 aliphatic carbocycles. The van der Waals surface area contributed by atoms with Gasteiger partial charge in [0.25, 0.3) is 0 Å². The van der Waals surface area contributed by atoms with Crippen LogP contribution in [-0.4, -0.2) is 12.0 Å². The van der Waals surface area contributed by atoms with Crippen LogP contribution in [0.2, 0.25) is 6.04 Å². The van der Waals surface area contributed by atoms with Gasteiger partial charge in [-0.3, -0.25) is 4.79 Å². The Balaban J connectivity index is 1.88. The van der Waals surface area contributed by atoms with Crippen molar-refractivity contribution in [3.8, 4) is 0 Å². The SMILES string of the molecule is O=C(CC[Si](Cl)(Cl)Cl)OCc1c2ccccc2cc2ccccc12. The summed E-state index contributed by atoms with van der Waals surface area (Å²) in [6, 6.07) is 15.8. The van der Waals surface area contributed by atoms with Gasteiger partial charge in [0.15, 0.2) is 0 Å². The molecule has 0 unspecified atom stereocenters. The molecular formula is C18H15Cl3O2Si. The van der Waals surface area contributed by atoms with Crippen molar-refractivity contribution < 1.29 is 9.53 Å². The molecule has 0 heterocycles. The highest BCUT2D eigenvalue weighted by atomic mass is 35.8. The third-order valence-corrected chi connectivity index (χ3v) is 6.39. The quantitative estimate of drug-likeness (QED) is 0.226. The van der Waals surface area contributed by atoms with Gasteiger partial charge in [0, 0.05) is 12.0 Å². The molecule has 3 aromatic carbocycles. The molecule has 0 amide bonds. The number of carbonyl (C=O) groups is 1. The first kappa shape index (κ1) is 17.6. The van der Waals surface area contributed by atoms with E-state index in [0.29, 0.717) is 0 Å². The van der Waals surface area contributed by atoms with Gasteiger partial charge in [0.05, 0.1) is 0 Å². The van der Waals surface area contributed by atoms with Crippen LogP contribution in [0.5, 0.6) is 0 Å². The second kappa shape index (κ2) is 7.32. The van der Waals surface area contributed by atoms with E-state index >= 15 is 0 Å². The third-order valence-electron chi connectivity index (χ3n) is 3.87. The van der Waals surface area contributed by atoms with Gasteiger partial charge in [0.2, 0.25) is 0 Å². The Kier molecular flexibility index (Phi) is 5.35. The average molecular weight is 398 g/mol. The lowest BCUT2D eigenvalue weighted by atomic mass is 9.97. The van der Waals surface area contributed by atoms with Crippen molar-refractivity contribution in [1.82, 2.24) is 0 Å². The smallest absolute Gasteiger partial charge is 0.341 e. The van der Waals surface area contributed by atoms with Gasteiger partial charge >= 0.3 is 12.0 Å². The van der Waals surface area contributed by atoms with Crippen LogP contribution in [0.4, 0.5) is 0 Å². The number of hydrogen-bond acceptors (Lipinski definition) is 2. The van der Waals surface area contributed by atoms with Crippen molar-refractivity contribution in [3.05, 3.63) is 60.2 Å². The minimum absolute atomic E-state index is 0.130. The molecule has 0 fully saturated rings. The first-order chi connectivity index (χ1) is 11.4. The molecule has 3 rings (SSSR count). The normalized spacial score (nSPS) is 11.8. The fraction of sp³-hybridized carbons (Fsp3) is 0.167. The highest BCUT2D eigenvalue weighted by Crippen LogP contribution is 2.30. The molecule has 0 N–H and O–H groups in total. The van der Waals surface area contributed by atoms with Gasteiger partial charge in [-0.2, -0.15) is 0 Å². The number of fused-ring (bicyclic) bond motifs is 2. The zero-order chi connectivity index (χ0) is 17.2. The van der Waals surface area contributed by atoms with Crippen LogP contribution < -0.4 is 0 Å². The van der Waals surface area contributed by atoms with E-state index in [1.165, 1.54) is 0 Å². The molecule has 0 saturated carbocycles. The van der Waals surface area contributed by atoms with Gasteiger partial charge in [-0.1, -0.05) is 48.5 Å². The van der Waals surface area contributed by atoms with Crippen LogP contribution in [0, 0.1) is 0 Å². The number of benzene rings is 3. The lowest BCUT2D eigenvalue weighted by Crippen LogP contribution is -2.13. The van der Waals surface area contributed by atoms with E-state index in [4.69, 9.17) is 38.0 Å². The molecule has 3 aromatic rings. The van der Waals surface area contributed by atoms with E-state index in [0.717, 1.165) is 27.1 Å². The van der Waals surface area contributed by atoms with Gasteiger partial charge < -0.3 is 4.74 Å². The fourth-order valence-corrected chi connectivity index (χ4v) is 4.07. The van der Waals surface area contributed by atoms with E-state index in [1.807, 2.05) is 36.4 Å². The number of esters is 1. The minimum Gasteiger partial charge on any atom is -0.461 e. The maximum Gasteiger partial charge on any atom is 0.341 e. The van der Waals surface area contributed by atoms with Crippen molar-refractivity contribution in [2.24, 2.45) is 0 Å². The predicted octanol–water partition coefficient (Wildman–Crippen LogP) is 6.08. The van der Waals surface area contributed by atoms with Gasteiger partial charge in [-0.15, -0.1) is 33.2 Å². The molecular weight excluding hydrogens is 383 g/mol. The first-order valence-corrected chi connectivity index (χ1v) is 12.8. The summed E-state index contributed by atoms with van der Waals surface area (Å²) >= 11 is 17.4. The molecule has 0 bridgehead atoms. The maximum atomic E-state index is 12.0. The Morgan fingerprint density at radius 2 is 1.46 bits per heavy atom. The Hall–Kier alpha value is -1.26. The van der Waals surface area contributed by atoms with Crippen molar-refractivity contribution in [2.75, 3.05) is 0 Å². The average Bonchev–Trinajstić information content (AvgIpc) is 2.56. The van der Waals surface area contributed by atoms with Gasteiger partial charge in [0.1, 0.15) is 6.61 Å². The largest absolute Gasteiger partial charge is 0.461 e. The number of ether oxygens (including phenoxy) is 1. The minimum atomic E-state index is -2.80. The molecule has 0 spiro atoms. The molecule has 2 nitrogen and oxygen atoms in total. The second-order valence-corrected chi connectivity index (χ2v) is 14.9. The molecule has 6 heteroatoms. The van der Waals surface area contributed by atoms with E-state index in [9.17, 15) is 4.79 Å². The van der Waals surface area contributed by atoms with E-state index in [2.05, 4.69) is 18.2 Å². The van der Waals surface area contributed by atoms with Crippen LogP contribution in [0.3, 0.4) is 0 Å². The predicted molar refractivity (Wildman–Crippen MR) is 104 cm³/mol. The van der Waals surface area contributed by atoms with E-state index in [-0.39, 0.29) is 25.0 Å². The highest BCUT2D eigenvalue weighted by molar-refractivity contribution is 7.64. The van der Waals surface area contributed by atoms with Crippen LogP contribution >= 0.6 is 33.2 Å². The summed E-state index contributed by atoms with van der Waals surface area (Å²) in [6.07, 6.45) is 0.130. The Bertz CT molecular complexity index is 836. The van der Waals surface area contributed by atoms with Crippen molar-refractivity contribution in [3.63, 3.8) is 0 Å². The summed E-state index contributed by atoms with van der Waals surface area (Å²) in [5.74, 6) is -0.342. The summed E-state index contributed by atoms with van der Waals surface area (Å²) in [6.45, 7) is 0.210. The van der Waals surface area contributed by atoms with Gasteiger partial charge in [-0.05, 0) is 33.7 Å². The third kappa shape index (κ3) is 4.22. The van der Waals surface area contributed by atoms with Crippen molar-refractivity contribution in [1.29, 1.82) is 0 Å². The lowest BCUT2D eigenvalue weighted by Gasteiger charge is -2.13. The molecule has 0 atom stereocenters.